The van der Waals surface area contributed by atoms with Gasteiger partial charge in [-0.25, -0.2) is 5.43 Å². The molecule has 2 N–H and O–H groups in total. The van der Waals surface area contributed by atoms with E-state index in [1.165, 1.54) is 6.07 Å². The van der Waals surface area contributed by atoms with Crippen LogP contribution in [0.15, 0.2) is 77.9 Å². The highest BCUT2D eigenvalue weighted by atomic mass is 35.5. The Kier molecular flexibility index (Phi) is 7.65. The molecule has 0 saturated heterocycles. The molecule has 0 fully saturated rings. The molecular weight excluding hydrogens is 437 g/mol. The number of hydrogen-bond acceptors (Lipinski definition) is 4. The fraction of sp³-hybridized carbons (Fsp3) is 0.0870. The molecule has 3 aromatic rings. The van der Waals surface area contributed by atoms with Gasteiger partial charge in [0, 0.05) is 0 Å². The quantitative estimate of drug-likeness (QED) is 0.310. The lowest BCUT2D eigenvalue weighted by Gasteiger charge is -2.08. The molecule has 2 amide bonds. The van der Waals surface area contributed by atoms with Crippen molar-refractivity contribution >= 4 is 46.4 Å². The number of hydrogen-bond donors (Lipinski definition) is 2. The van der Waals surface area contributed by atoms with Gasteiger partial charge < -0.3 is 10.1 Å². The van der Waals surface area contributed by atoms with Crippen LogP contribution in [0.2, 0.25) is 10.0 Å². The second-order valence-electron chi connectivity index (χ2n) is 6.49. The minimum absolute atomic E-state index is 0.152. The van der Waals surface area contributed by atoms with Gasteiger partial charge in [0.05, 0.1) is 21.4 Å². The highest BCUT2D eigenvalue weighted by Crippen LogP contribution is 2.29. The first-order valence-corrected chi connectivity index (χ1v) is 10.1. The predicted molar refractivity (Wildman–Crippen MR) is 123 cm³/mol. The zero-order valence-electron chi connectivity index (χ0n) is 16.6. The smallest absolute Gasteiger partial charge is 0.329 e. The number of ether oxygens (including phenoxy) is 1. The van der Waals surface area contributed by atoms with E-state index >= 15 is 0 Å². The minimum atomic E-state index is -0.932. The predicted octanol–water partition coefficient (Wildman–Crippen LogP) is 5.05. The summed E-state index contributed by atoms with van der Waals surface area (Å²) in [4.78, 5) is 24.1. The summed E-state index contributed by atoms with van der Waals surface area (Å²) in [6, 6.07) is 21.8. The molecule has 3 aromatic carbocycles. The average Bonchev–Trinajstić information content (AvgIpc) is 2.79. The third kappa shape index (κ3) is 6.31. The Balaban J connectivity index is 1.55. The van der Waals surface area contributed by atoms with Crippen molar-refractivity contribution in [3.05, 3.63) is 94.0 Å². The fourth-order valence-corrected chi connectivity index (χ4v) is 2.91. The second kappa shape index (κ2) is 10.6. The van der Waals surface area contributed by atoms with Crippen LogP contribution in [0.4, 0.5) is 5.69 Å². The van der Waals surface area contributed by atoms with Gasteiger partial charge in [-0.05, 0) is 54.4 Å². The van der Waals surface area contributed by atoms with Gasteiger partial charge in [-0.2, -0.15) is 5.10 Å². The van der Waals surface area contributed by atoms with Crippen LogP contribution >= 0.6 is 23.2 Å². The molecule has 0 aliphatic carbocycles. The van der Waals surface area contributed by atoms with E-state index in [0.717, 1.165) is 11.1 Å². The summed E-state index contributed by atoms with van der Waals surface area (Å²) >= 11 is 11.9. The number of carbonyl (C=O) groups excluding carboxylic acids is 2. The van der Waals surface area contributed by atoms with Crippen LogP contribution in [0.25, 0.3) is 0 Å². The standard InChI is InChI=1S/C23H19Cl2N3O3/c1-15(17-10-12-18(13-11-17)31-14-16-6-3-2-4-7-16)27-28-23(30)22(29)26-20-9-5-8-19(24)21(20)25/h2-13H,14H2,1H3,(H,26,29)(H,28,30)/b27-15+. The molecule has 0 unspecified atom stereocenters. The number of halogens is 2. The Labute approximate surface area is 189 Å². The SMILES string of the molecule is C/C(=N\NC(=O)C(=O)Nc1cccc(Cl)c1Cl)c1ccc(OCc2ccccc2)cc1. The molecule has 6 nitrogen and oxygen atoms in total. The van der Waals surface area contributed by atoms with Gasteiger partial charge in [0.1, 0.15) is 12.4 Å². The molecule has 0 aliphatic rings. The molecule has 0 aliphatic heterocycles. The van der Waals surface area contributed by atoms with E-state index in [9.17, 15) is 9.59 Å². The monoisotopic (exact) mass is 455 g/mol. The zero-order valence-corrected chi connectivity index (χ0v) is 18.1. The van der Waals surface area contributed by atoms with Gasteiger partial charge >= 0.3 is 11.8 Å². The third-order valence-corrected chi connectivity index (χ3v) is 5.07. The van der Waals surface area contributed by atoms with E-state index in [1.807, 2.05) is 54.6 Å². The first kappa shape index (κ1) is 22.3. The largest absolute Gasteiger partial charge is 0.489 e. The van der Waals surface area contributed by atoms with Crippen molar-refractivity contribution in [1.29, 1.82) is 0 Å². The highest BCUT2D eigenvalue weighted by molar-refractivity contribution is 6.45. The first-order chi connectivity index (χ1) is 14.9. The van der Waals surface area contributed by atoms with Crippen molar-refractivity contribution in [3.8, 4) is 5.75 Å². The summed E-state index contributed by atoms with van der Waals surface area (Å²) in [5.74, 6) is -1.13. The molecule has 158 valence electrons. The van der Waals surface area contributed by atoms with Crippen molar-refractivity contribution in [3.63, 3.8) is 0 Å². The molecule has 8 heteroatoms. The van der Waals surface area contributed by atoms with Gasteiger partial charge in [-0.15, -0.1) is 0 Å². The molecule has 31 heavy (non-hydrogen) atoms. The van der Waals surface area contributed by atoms with Gasteiger partial charge in [-0.1, -0.05) is 59.6 Å². The minimum Gasteiger partial charge on any atom is -0.489 e. The summed E-state index contributed by atoms with van der Waals surface area (Å²) in [6.45, 7) is 2.18. The number of nitrogens with one attached hydrogen (secondary N) is 2. The van der Waals surface area contributed by atoms with Gasteiger partial charge in [-0.3, -0.25) is 9.59 Å². The average molecular weight is 456 g/mol. The van der Waals surface area contributed by atoms with Crippen LogP contribution in [0.5, 0.6) is 5.75 Å². The van der Waals surface area contributed by atoms with Crippen molar-refractivity contribution in [2.75, 3.05) is 5.32 Å². The van der Waals surface area contributed by atoms with E-state index in [2.05, 4.69) is 15.8 Å². The maximum Gasteiger partial charge on any atom is 0.329 e. The Bertz CT molecular complexity index is 1100. The fourth-order valence-electron chi connectivity index (χ4n) is 2.56. The third-order valence-electron chi connectivity index (χ3n) is 4.25. The molecule has 0 heterocycles. The number of anilines is 1. The molecule has 3 rings (SSSR count). The molecule has 0 atom stereocenters. The molecular formula is C23H19Cl2N3O3. The maximum absolute atomic E-state index is 12.0. The van der Waals surface area contributed by atoms with E-state index in [1.54, 1.807) is 19.1 Å². The van der Waals surface area contributed by atoms with E-state index in [4.69, 9.17) is 27.9 Å². The van der Waals surface area contributed by atoms with Crippen molar-refractivity contribution in [1.82, 2.24) is 5.43 Å². The van der Waals surface area contributed by atoms with E-state index in [0.29, 0.717) is 18.1 Å². The Morgan fingerprint density at radius 1 is 0.903 bits per heavy atom. The topological polar surface area (TPSA) is 79.8 Å². The highest BCUT2D eigenvalue weighted by Gasteiger charge is 2.15. The van der Waals surface area contributed by atoms with Crippen molar-refractivity contribution in [2.45, 2.75) is 13.5 Å². The summed E-state index contributed by atoms with van der Waals surface area (Å²) < 4.78 is 5.75. The number of nitrogens with zero attached hydrogens (tertiary/aromatic N) is 1. The lowest BCUT2D eigenvalue weighted by molar-refractivity contribution is -0.136. The number of carbonyl (C=O) groups is 2. The molecule has 0 spiro atoms. The molecule has 0 saturated carbocycles. The molecule has 0 radical (unpaired) electrons. The summed E-state index contributed by atoms with van der Waals surface area (Å²) in [7, 11) is 0. The van der Waals surface area contributed by atoms with Crippen LogP contribution in [0.3, 0.4) is 0 Å². The van der Waals surface area contributed by atoms with Crippen LogP contribution in [-0.4, -0.2) is 17.5 Å². The normalized spacial score (nSPS) is 11.0. The van der Waals surface area contributed by atoms with E-state index in [-0.39, 0.29) is 15.7 Å². The summed E-state index contributed by atoms with van der Waals surface area (Å²) in [6.07, 6.45) is 0. The molecule has 0 bridgehead atoms. The van der Waals surface area contributed by atoms with Gasteiger partial charge in [0.25, 0.3) is 0 Å². The summed E-state index contributed by atoms with van der Waals surface area (Å²) in [5, 5.41) is 6.79. The molecule has 0 aromatic heterocycles. The zero-order chi connectivity index (χ0) is 22.2. The first-order valence-electron chi connectivity index (χ1n) is 9.31. The van der Waals surface area contributed by atoms with E-state index < -0.39 is 11.8 Å². The lowest BCUT2D eigenvalue weighted by Crippen LogP contribution is -2.33. The van der Waals surface area contributed by atoms with Gasteiger partial charge in [0.2, 0.25) is 0 Å². The lowest BCUT2D eigenvalue weighted by atomic mass is 10.1. The Morgan fingerprint density at radius 2 is 1.61 bits per heavy atom. The van der Waals surface area contributed by atoms with Crippen LogP contribution < -0.4 is 15.5 Å². The number of rotatable bonds is 6. The van der Waals surface area contributed by atoms with Crippen molar-refractivity contribution in [2.24, 2.45) is 5.10 Å². The van der Waals surface area contributed by atoms with Gasteiger partial charge in [0.15, 0.2) is 0 Å². The van der Waals surface area contributed by atoms with Crippen molar-refractivity contribution < 1.29 is 14.3 Å². The maximum atomic E-state index is 12.0. The number of benzene rings is 3. The van der Waals surface area contributed by atoms with Crippen LogP contribution in [-0.2, 0) is 16.2 Å². The Morgan fingerprint density at radius 3 is 2.32 bits per heavy atom. The number of amides is 2. The number of hydrazone groups is 1. The second-order valence-corrected chi connectivity index (χ2v) is 7.28. The Hall–Kier alpha value is -3.35. The van der Waals surface area contributed by atoms with Crippen LogP contribution in [0, 0.1) is 0 Å². The summed E-state index contributed by atoms with van der Waals surface area (Å²) in [5.41, 5.74) is 4.83. The van der Waals surface area contributed by atoms with Crippen LogP contribution in [0.1, 0.15) is 18.1 Å².